The quantitative estimate of drug-likeness (QED) is 0.178. The number of aryl methyl sites for hydroxylation is 1. The van der Waals surface area contributed by atoms with Gasteiger partial charge in [-0.05, 0) is 49.9 Å². The second-order valence-corrected chi connectivity index (χ2v) is 10.7. The summed E-state index contributed by atoms with van der Waals surface area (Å²) in [6.45, 7) is 6.40. The van der Waals surface area contributed by atoms with E-state index in [2.05, 4.69) is 22.1 Å². The van der Waals surface area contributed by atoms with E-state index in [1.54, 1.807) is 31.2 Å². The minimum absolute atomic E-state index is 0.0873. The van der Waals surface area contributed by atoms with E-state index in [1.807, 2.05) is 4.57 Å². The van der Waals surface area contributed by atoms with E-state index in [0.717, 1.165) is 29.7 Å². The van der Waals surface area contributed by atoms with Gasteiger partial charge in [0.2, 0.25) is 5.91 Å². The molecule has 3 aromatic rings. The van der Waals surface area contributed by atoms with Gasteiger partial charge in [0.25, 0.3) is 0 Å². The number of aromatic nitrogens is 3. The van der Waals surface area contributed by atoms with Crippen molar-refractivity contribution < 1.29 is 19.1 Å². The van der Waals surface area contributed by atoms with E-state index < -0.39 is 5.97 Å². The molecule has 0 spiro atoms. The number of hydrogen-bond donors (Lipinski definition) is 1. The number of halogens is 2. The maximum absolute atomic E-state index is 12.8. The maximum Gasteiger partial charge on any atom is 0.341 e. The summed E-state index contributed by atoms with van der Waals surface area (Å²) in [4.78, 5) is 26.5. The Morgan fingerprint density at radius 1 is 1.31 bits per heavy atom. The van der Waals surface area contributed by atoms with Crippen LogP contribution >= 0.6 is 46.3 Å². The number of thiophene rings is 1. The maximum atomic E-state index is 12.8. The fraction of sp³-hybridized carbons (Fsp3) is 0.333. The second-order valence-electron chi connectivity index (χ2n) is 7.78. The molecule has 0 radical (unpaired) electrons. The van der Waals surface area contributed by atoms with Crippen LogP contribution in [0.1, 0.15) is 40.0 Å². The number of nitrogens with zero attached hydrogens (tertiary/aromatic N) is 3. The van der Waals surface area contributed by atoms with Gasteiger partial charge in [0, 0.05) is 16.4 Å². The molecule has 8 nitrogen and oxygen atoms in total. The summed E-state index contributed by atoms with van der Waals surface area (Å²) in [5, 5.41) is 13.3. The average Bonchev–Trinajstić information content (AvgIpc) is 3.52. The minimum Gasteiger partial charge on any atom is -0.484 e. The highest BCUT2D eigenvalue weighted by atomic mass is 35.5. The summed E-state index contributed by atoms with van der Waals surface area (Å²) in [6.07, 6.45) is 4.45. The lowest BCUT2D eigenvalue weighted by Gasteiger charge is -2.10. The molecule has 36 heavy (non-hydrogen) atoms. The number of carbonyl (C=O) groups excluding carboxylic acids is 2. The largest absolute Gasteiger partial charge is 0.484 e. The third-order valence-electron chi connectivity index (χ3n) is 5.34. The van der Waals surface area contributed by atoms with Gasteiger partial charge in [-0.2, -0.15) is 0 Å². The van der Waals surface area contributed by atoms with E-state index >= 15 is 0 Å². The Hall–Kier alpha value is -2.53. The van der Waals surface area contributed by atoms with Crippen molar-refractivity contribution in [3.63, 3.8) is 0 Å². The van der Waals surface area contributed by atoms with Crippen LogP contribution < -0.4 is 10.1 Å². The number of esters is 1. The Kier molecular flexibility index (Phi) is 8.95. The zero-order valence-corrected chi connectivity index (χ0v) is 22.7. The van der Waals surface area contributed by atoms with Crippen LogP contribution in [0.4, 0.5) is 5.00 Å². The molecule has 2 heterocycles. The lowest BCUT2D eigenvalue weighted by molar-refractivity contribution is -0.113. The molecule has 1 amide bonds. The van der Waals surface area contributed by atoms with Crippen LogP contribution in [0.25, 0.3) is 0 Å². The highest BCUT2D eigenvalue weighted by Crippen LogP contribution is 2.39. The average molecular weight is 568 g/mol. The van der Waals surface area contributed by atoms with Crippen LogP contribution in [0.3, 0.4) is 0 Å². The third-order valence-corrected chi connectivity index (χ3v) is 8.05. The van der Waals surface area contributed by atoms with Crippen molar-refractivity contribution in [1.29, 1.82) is 0 Å². The number of ether oxygens (including phenoxy) is 2. The number of rotatable bonds is 11. The molecule has 0 saturated carbocycles. The topological polar surface area (TPSA) is 95.3 Å². The molecule has 2 aromatic heterocycles. The van der Waals surface area contributed by atoms with E-state index in [-0.39, 0.29) is 24.9 Å². The van der Waals surface area contributed by atoms with Crippen molar-refractivity contribution in [2.24, 2.45) is 0 Å². The van der Waals surface area contributed by atoms with Crippen LogP contribution in [-0.4, -0.2) is 39.0 Å². The first-order valence-corrected chi connectivity index (χ1v) is 13.8. The van der Waals surface area contributed by atoms with Crippen molar-refractivity contribution in [2.75, 3.05) is 17.7 Å². The first-order chi connectivity index (χ1) is 17.4. The Balaban J connectivity index is 1.42. The number of benzene rings is 1. The van der Waals surface area contributed by atoms with Crippen LogP contribution in [0, 0.1) is 0 Å². The molecule has 4 rings (SSSR count). The number of hydrogen-bond acceptors (Lipinski definition) is 8. The standard InChI is InChI=1S/C24H24Cl2N4O4S2/c1-3-10-30-19(12-34-17-9-8-14(25)11-16(17)26)28-29-24(30)35-13-20(31)27-22-21(23(32)33-4-2)15-6-5-7-18(15)36-22/h3,8-9,11H,1,4-7,10,12-13H2,2H3,(H,27,31). The first-order valence-electron chi connectivity index (χ1n) is 11.3. The van der Waals surface area contributed by atoms with Gasteiger partial charge >= 0.3 is 5.97 Å². The van der Waals surface area contributed by atoms with Crippen LogP contribution in [0.15, 0.2) is 36.0 Å². The lowest BCUT2D eigenvalue weighted by atomic mass is 10.1. The van der Waals surface area contributed by atoms with Gasteiger partial charge in [-0.15, -0.1) is 28.1 Å². The fourth-order valence-electron chi connectivity index (χ4n) is 3.78. The summed E-state index contributed by atoms with van der Waals surface area (Å²) in [7, 11) is 0. The molecule has 0 unspecified atom stereocenters. The van der Waals surface area contributed by atoms with Crippen molar-refractivity contribution in [3.8, 4) is 5.75 Å². The summed E-state index contributed by atoms with van der Waals surface area (Å²) in [5.74, 6) is 0.482. The zero-order valence-electron chi connectivity index (χ0n) is 19.5. The minimum atomic E-state index is -0.393. The molecule has 1 N–H and O–H groups in total. The molecule has 0 saturated heterocycles. The van der Waals surface area contributed by atoms with Crippen molar-refractivity contribution in [3.05, 3.63) is 62.7 Å². The van der Waals surface area contributed by atoms with Crippen LogP contribution in [0.2, 0.25) is 10.0 Å². The summed E-state index contributed by atoms with van der Waals surface area (Å²) >= 11 is 14.8. The van der Waals surface area contributed by atoms with E-state index in [4.69, 9.17) is 32.7 Å². The molecule has 12 heteroatoms. The Morgan fingerprint density at radius 3 is 2.89 bits per heavy atom. The molecular formula is C24H24Cl2N4O4S2. The summed E-state index contributed by atoms with van der Waals surface area (Å²) in [6, 6.07) is 4.97. The molecule has 0 fully saturated rings. The molecule has 0 bridgehead atoms. The molecule has 0 aliphatic heterocycles. The van der Waals surface area contributed by atoms with E-state index in [0.29, 0.717) is 43.9 Å². The van der Waals surface area contributed by atoms with Gasteiger partial charge in [0.05, 0.1) is 22.9 Å². The number of anilines is 1. The number of amides is 1. The fourth-order valence-corrected chi connectivity index (χ4v) is 6.31. The molecular weight excluding hydrogens is 543 g/mol. The number of nitrogens with one attached hydrogen (secondary N) is 1. The van der Waals surface area contributed by atoms with Crippen molar-refractivity contribution in [2.45, 2.75) is 44.5 Å². The first kappa shape index (κ1) is 26.5. The van der Waals surface area contributed by atoms with Gasteiger partial charge in [-0.3, -0.25) is 9.36 Å². The van der Waals surface area contributed by atoms with Gasteiger partial charge < -0.3 is 14.8 Å². The smallest absolute Gasteiger partial charge is 0.341 e. The number of carbonyl (C=O) groups is 2. The third kappa shape index (κ3) is 6.05. The van der Waals surface area contributed by atoms with Crippen molar-refractivity contribution in [1.82, 2.24) is 14.8 Å². The Morgan fingerprint density at radius 2 is 2.14 bits per heavy atom. The Bertz CT molecular complexity index is 1290. The predicted octanol–water partition coefficient (Wildman–Crippen LogP) is 5.81. The molecule has 1 aromatic carbocycles. The van der Waals surface area contributed by atoms with Gasteiger partial charge in [-0.25, -0.2) is 4.79 Å². The number of thioether (sulfide) groups is 1. The van der Waals surface area contributed by atoms with Crippen LogP contribution in [-0.2, 0) is 35.5 Å². The van der Waals surface area contributed by atoms with Crippen LogP contribution in [0.5, 0.6) is 5.75 Å². The summed E-state index contributed by atoms with van der Waals surface area (Å²) in [5.41, 5.74) is 1.49. The van der Waals surface area contributed by atoms with Gasteiger partial charge in [0.1, 0.15) is 17.4 Å². The summed E-state index contributed by atoms with van der Waals surface area (Å²) < 4.78 is 12.8. The van der Waals surface area contributed by atoms with Gasteiger partial charge in [-0.1, -0.05) is 41.0 Å². The highest BCUT2D eigenvalue weighted by Gasteiger charge is 2.28. The number of fused-ring (bicyclic) bond motifs is 1. The zero-order chi connectivity index (χ0) is 25.7. The molecule has 1 aliphatic carbocycles. The van der Waals surface area contributed by atoms with Crippen molar-refractivity contribution >= 4 is 63.2 Å². The lowest BCUT2D eigenvalue weighted by Crippen LogP contribution is -2.17. The van der Waals surface area contributed by atoms with E-state index in [1.165, 1.54) is 23.1 Å². The SMILES string of the molecule is C=CCn1c(COc2ccc(Cl)cc2Cl)nnc1SCC(=O)Nc1sc2c(c1C(=O)OCC)CCC2. The molecule has 0 atom stereocenters. The monoisotopic (exact) mass is 566 g/mol. The second kappa shape index (κ2) is 12.1. The molecule has 1 aliphatic rings. The predicted molar refractivity (Wildman–Crippen MR) is 143 cm³/mol. The van der Waals surface area contributed by atoms with Gasteiger partial charge in [0.15, 0.2) is 11.0 Å². The Labute approximate surface area is 227 Å². The highest BCUT2D eigenvalue weighted by molar-refractivity contribution is 7.99. The van der Waals surface area contributed by atoms with E-state index in [9.17, 15) is 9.59 Å². The molecule has 190 valence electrons. The normalized spacial score (nSPS) is 12.3. The number of allylic oxidation sites excluding steroid dienone is 1.